The van der Waals surface area contributed by atoms with Crippen molar-refractivity contribution in [1.29, 1.82) is 0 Å². The lowest BCUT2D eigenvalue weighted by Crippen LogP contribution is -1.82. The van der Waals surface area contributed by atoms with Gasteiger partial charge in [-0.1, -0.05) is 96.6 Å². The molecule has 24 heavy (non-hydrogen) atoms. The summed E-state index contributed by atoms with van der Waals surface area (Å²) in [6.07, 6.45) is 5.93. The molecule has 0 bridgehead atoms. The Morgan fingerprint density at radius 3 is 2.12 bits per heavy atom. The minimum atomic E-state index is 0.696. The second-order valence-electron chi connectivity index (χ2n) is 6.76. The number of allylic oxidation sites excluding steroid dienone is 1. The minimum Gasteiger partial charge on any atom is -0.0802 e. The summed E-state index contributed by atoms with van der Waals surface area (Å²) in [6, 6.07) is 28.4. The van der Waals surface area contributed by atoms with E-state index < -0.39 is 0 Å². The summed E-state index contributed by atoms with van der Waals surface area (Å²) in [5.41, 5.74) is 6.65. The summed E-state index contributed by atoms with van der Waals surface area (Å²) < 4.78 is 0. The molecule has 1 fully saturated rings. The molecule has 0 unspecified atom stereocenters. The summed E-state index contributed by atoms with van der Waals surface area (Å²) in [5.74, 6) is 1.41. The number of hydrogen-bond acceptors (Lipinski definition) is 0. The van der Waals surface area contributed by atoms with Gasteiger partial charge >= 0.3 is 0 Å². The van der Waals surface area contributed by atoms with E-state index in [1.165, 1.54) is 34.2 Å². The predicted octanol–water partition coefficient (Wildman–Crippen LogP) is 6.48. The molecule has 0 aromatic heterocycles. The van der Waals surface area contributed by atoms with Gasteiger partial charge in [-0.15, -0.1) is 0 Å². The van der Waals surface area contributed by atoms with E-state index >= 15 is 0 Å². The highest BCUT2D eigenvalue weighted by Crippen LogP contribution is 2.48. The van der Waals surface area contributed by atoms with Gasteiger partial charge in [-0.05, 0) is 47.4 Å². The van der Waals surface area contributed by atoms with E-state index in [4.69, 9.17) is 0 Å². The number of rotatable bonds is 4. The summed E-state index contributed by atoms with van der Waals surface area (Å²) >= 11 is 0. The predicted molar refractivity (Wildman–Crippen MR) is 103 cm³/mol. The second-order valence-corrected chi connectivity index (χ2v) is 6.76. The smallest absolute Gasteiger partial charge is 0.00929 e. The van der Waals surface area contributed by atoms with Crippen molar-refractivity contribution in [2.75, 3.05) is 0 Å². The summed E-state index contributed by atoms with van der Waals surface area (Å²) in [4.78, 5) is 0. The topological polar surface area (TPSA) is 0 Å². The molecule has 0 nitrogen and oxygen atoms in total. The van der Waals surface area contributed by atoms with Crippen molar-refractivity contribution >= 4 is 6.08 Å². The highest BCUT2D eigenvalue weighted by molar-refractivity contribution is 5.65. The van der Waals surface area contributed by atoms with E-state index in [1.54, 1.807) is 0 Å². The maximum Gasteiger partial charge on any atom is -0.00929 e. The first kappa shape index (κ1) is 15.0. The molecule has 0 radical (unpaired) electrons. The zero-order valence-corrected chi connectivity index (χ0v) is 14.0. The monoisotopic (exact) mass is 310 g/mol. The van der Waals surface area contributed by atoms with Crippen LogP contribution in [-0.2, 0) is 0 Å². The molecule has 1 aliphatic carbocycles. The Hall–Kier alpha value is -2.60. The van der Waals surface area contributed by atoms with Crippen molar-refractivity contribution in [3.8, 4) is 11.1 Å². The van der Waals surface area contributed by atoms with E-state index in [9.17, 15) is 0 Å². The van der Waals surface area contributed by atoms with Crippen LogP contribution in [-0.4, -0.2) is 0 Å². The first-order chi connectivity index (χ1) is 11.8. The minimum absolute atomic E-state index is 0.696. The third kappa shape index (κ3) is 3.33. The second kappa shape index (κ2) is 6.49. The van der Waals surface area contributed by atoms with Gasteiger partial charge in [0.15, 0.2) is 0 Å². The molecule has 118 valence electrons. The van der Waals surface area contributed by atoms with Crippen molar-refractivity contribution < 1.29 is 0 Å². The molecule has 3 aromatic carbocycles. The van der Waals surface area contributed by atoms with Crippen molar-refractivity contribution in [3.63, 3.8) is 0 Å². The first-order valence-corrected chi connectivity index (χ1v) is 8.70. The van der Waals surface area contributed by atoms with Crippen LogP contribution >= 0.6 is 0 Å². The van der Waals surface area contributed by atoms with Crippen LogP contribution in [0.25, 0.3) is 17.2 Å². The van der Waals surface area contributed by atoms with Crippen LogP contribution in [0, 0.1) is 12.8 Å². The molecule has 0 heterocycles. The maximum absolute atomic E-state index is 2.38. The van der Waals surface area contributed by atoms with Gasteiger partial charge in [0.2, 0.25) is 0 Å². The third-order valence-corrected chi connectivity index (χ3v) is 4.90. The highest BCUT2D eigenvalue weighted by Gasteiger charge is 2.35. The van der Waals surface area contributed by atoms with Crippen molar-refractivity contribution in [1.82, 2.24) is 0 Å². The average molecular weight is 310 g/mol. The van der Waals surface area contributed by atoms with Crippen LogP contribution in [0.4, 0.5) is 0 Å². The highest BCUT2D eigenvalue weighted by atomic mass is 14.4. The summed E-state index contributed by atoms with van der Waals surface area (Å²) in [5, 5.41) is 0. The molecule has 0 aliphatic heterocycles. The van der Waals surface area contributed by atoms with Crippen LogP contribution in [0.2, 0.25) is 0 Å². The molecule has 0 saturated heterocycles. The molecule has 0 heteroatoms. The fraction of sp³-hybridized carbons (Fsp3) is 0.167. The molecule has 0 N–H and O–H groups in total. The lowest BCUT2D eigenvalue weighted by Gasteiger charge is -2.02. The van der Waals surface area contributed by atoms with Gasteiger partial charge in [-0.3, -0.25) is 0 Å². The van der Waals surface area contributed by atoms with E-state index in [0.717, 1.165) is 0 Å². The van der Waals surface area contributed by atoms with Crippen molar-refractivity contribution in [2.45, 2.75) is 19.3 Å². The summed E-state index contributed by atoms with van der Waals surface area (Å²) in [7, 11) is 0. The fourth-order valence-corrected chi connectivity index (χ4v) is 3.28. The van der Waals surface area contributed by atoms with Gasteiger partial charge in [0, 0.05) is 0 Å². The Balaban J connectivity index is 1.41. The van der Waals surface area contributed by atoms with Crippen molar-refractivity contribution in [2.24, 2.45) is 5.92 Å². The molecule has 3 aromatic rings. The quantitative estimate of drug-likeness (QED) is 0.517. The van der Waals surface area contributed by atoms with Crippen LogP contribution in [0.5, 0.6) is 0 Å². The Bertz CT molecular complexity index is 823. The standard InChI is InChI=1S/C24H22/c1-18-7-12-22(13-8-18)24-17-23(24)16-11-19-9-14-21(15-10-19)20-5-3-2-4-6-20/h2-16,23-24H,17H2,1H3/b16-11+/t23-,24-/m0/s1. The number of hydrogen-bond donors (Lipinski definition) is 0. The molecule has 0 spiro atoms. The normalized spacial score (nSPS) is 19.5. The SMILES string of the molecule is Cc1ccc([C@@H]2C[C@@H]2/C=C/c2ccc(-c3ccccc3)cc2)cc1. The molecular formula is C24H22. The zero-order chi connectivity index (χ0) is 16.4. The lowest BCUT2D eigenvalue weighted by atomic mass is 10.0. The Morgan fingerprint density at radius 2 is 1.42 bits per heavy atom. The molecule has 4 rings (SSSR count). The maximum atomic E-state index is 2.38. The third-order valence-electron chi connectivity index (χ3n) is 4.90. The van der Waals surface area contributed by atoms with Crippen LogP contribution in [0.3, 0.4) is 0 Å². The molecule has 1 saturated carbocycles. The van der Waals surface area contributed by atoms with Gasteiger partial charge < -0.3 is 0 Å². The van der Waals surface area contributed by atoms with Gasteiger partial charge in [-0.2, -0.15) is 0 Å². The Kier molecular flexibility index (Phi) is 4.04. The van der Waals surface area contributed by atoms with E-state index in [1.807, 2.05) is 0 Å². The van der Waals surface area contributed by atoms with E-state index in [0.29, 0.717) is 11.8 Å². The number of benzene rings is 3. The van der Waals surface area contributed by atoms with Crippen LogP contribution < -0.4 is 0 Å². The van der Waals surface area contributed by atoms with Gasteiger partial charge in [0.05, 0.1) is 0 Å². The van der Waals surface area contributed by atoms with E-state index in [-0.39, 0.29) is 0 Å². The molecule has 2 atom stereocenters. The Morgan fingerprint density at radius 1 is 0.750 bits per heavy atom. The van der Waals surface area contributed by atoms with Crippen LogP contribution in [0.1, 0.15) is 29.0 Å². The van der Waals surface area contributed by atoms with Gasteiger partial charge in [0.25, 0.3) is 0 Å². The lowest BCUT2D eigenvalue weighted by molar-refractivity contribution is 1.01. The zero-order valence-electron chi connectivity index (χ0n) is 14.0. The first-order valence-electron chi connectivity index (χ1n) is 8.70. The molecular weight excluding hydrogens is 288 g/mol. The van der Waals surface area contributed by atoms with Gasteiger partial charge in [0.1, 0.15) is 0 Å². The van der Waals surface area contributed by atoms with Crippen molar-refractivity contribution in [3.05, 3.63) is 102 Å². The largest absolute Gasteiger partial charge is 0.0802 e. The Labute approximate surface area is 144 Å². The molecule has 0 amide bonds. The average Bonchev–Trinajstić information content (AvgIpc) is 3.41. The fourth-order valence-electron chi connectivity index (χ4n) is 3.28. The van der Waals surface area contributed by atoms with E-state index in [2.05, 4.69) is 97.9 Å². The molecule has 1 aliphatic rings. The van der Waals surface area contributed by atoms with Crippen LogP contribution in [0.15, 0.2) is 84.9 Å². The summed E-state index contributed by atoms with van der Waals surface area (Å²) in [6.45, 7) is 2.15. The van der Waals surface area contributed by atoms with Gasteiger partial charge in [-0.25, -0.2) is 0 Å². The number of aryl methyl sites for hydroxylation is 1.